The smallest absolute Gasteiger partial charge is 0.173 e. The number of nitrogens with zero attached hydrogens (tertiary/aromatic N) is 1. The van der Waals surface area contributed by atoms with Crippen LogP contribution in [0.3, 0.4) is 0 Å². The summed E-state index contributed by atoms with van der Waals surface area (Å²) in [6, 6.07) is 19.2. The number of hydrogen-bond donors (Lipinski definition) is 1. The van der Waals surface area contributed by atoms with Gasteiger partial charge in [0.25, 0.3) is 0 Å². The number of benzene rings is 2. The molecule has 1 aliphatic carbocycles. The molecule has 0 spiro atoms. The first-order valence-corrected chi connectivity index (χ1v) is 12.2. The maximum Gasteiger partial charge on any atom is 0.173 e. The van der Waals surface area contributed by atoms with Gasteiger partial charge in [-0.25, -0.2) is 0 Å². The molecule has 0 aromatic heterocycles. The van der Waals surface area contributed by atoms with Crippen LogP contribution in [0.1, 0.15) is 48.5 Å². The van der Waals surface area contributed by atoms with Gasteiger partial charge in [-0.3, -0.25) is 9.59 Å². The Hall–Kier alpha value is -2.62. The normalized spacial score (nSPS) is 19.8. The van der Waals surface area contributed by atoms with Gasteiger partial charge in [0.1, 0.15) is 0 Å². The molecule has 1 N–H and O–H groups in total. The lowest BCUT2D eigenvalue weighted by Gasteiger charge is -2.39. The average molecular weight is 507 g/mol. The van der Waals surface area contributed by atoms with Crippen molar-refractivity contribution in [2.75, 3.05) is 5.75 Å². The Morgan fingerprint density at radius 2 is 1.84 bits per heavy atom. The van der Waals surface area contributed by atoms with Crippen LogP contribution in [0.4, 0.5) is 0 Å². The zero-order chi connectivity index (χ0) is 22.9. The number of nitriles is 1. The predicted molar refractivity (Wildman–Crippen MR) is 131 cm³/mol. The van der Waals surface area contributed by atoms with Gasteiger partial charge in [-0.2, -0.15) is 5.26 Å². The van der Waals surface area contributed by atoms with E-state index in [1.807, 2.05) is 42.5 Å². The highest BCUT2D eigenvalue weighted by Crippen LogP contribution is 2.48. The number of carbonyl (C=O) groups is 2. The summed E-state index contributed by atoms with van der Waals surface area (Å²) in [6.45, 7) is 4.17. The summed E-state index contributed by atoms with van der Waals surface area (Å²) in [6.07, 6.45) is 1.17. The van der Waals surface area contributed by atoms with E-state index in [4.69, 9.17) is 0 Å². The maximum atomic E-state index is 13.2. The lowest BCUT2D eigenvalue weighted by molar-refractivity contribution is -0.118. The number of rotatable bonds is 5. The number of allylic oxidation sites excluding steroid dienone is 3. The summed E-state index contributed by atoms with van der Waals surface area (Å²) in [4.78, 5) is 25.9. The second kappa shape index (κ2) is 9.09. The van der Waals surface area contributed by atoms with E-state index in [1.54, 1.807) is 12.1 Å². The number of halogens is 1. The molecule has 2 aromatic carbocycles. The van der Waals surface area contributed by atoms with Crippen LogP contribution in [-0.2, 0) is 4.79 Å². The van der Waals surface area contributed by atoms with Gasteiger partial charge in [-0.15, -0.1) is 0 Å². The van der Waals surface area contributed by atoms with E-state index in [0.717, 1.165) is 22.2 Å². The van der Waals surface area contributed by atoms with Crippen LogP contribution in [0.2, 0.25) is 0 Å². The van der Waals surface area contributed by atoms with Crippen LogP contribution >= 0.6 is 27.7 Å². The third-order valence-electron chi connectivity index (χ3n) is 5.77. The summed E-state index contributed by atoms with van der Waals surface area (Å²) in [5.74, 6) is -0.136. The topological polar surface area (TPSA) is 70.0 Å². The van der Waals surface area contributed by atoms with Gasteiger partial charge in [-0.05, 0) is 29.5 Å². The third kappa shape index (κ3) is 4.60. The highest BCUT2D eigenvalue weighted by Gasteiger charge is 2.41. The molecule has 32 heavy (non-hydrogen) atoms. The molecule has 162 valence electrons. The minimum absolute atomic E-state index is 0.00204. The first kappa shape index (κ1) is 22.6. The largest absolute Gasteiger partial charge is 0.352 e. The second-order valence-electron chi connectivity index (χ2n) is 8.88. The van der Waals surface area contributed by atoms with Crippen molar-refractivity contribution < 1.29 is 9.59 Å². The zero-order valence-electron chi connectivity index (χ0n) is 17.9. The monoisotopic (exact) mass is 506 g/mol. The first-order valence-electron chi connectivity index (χ1n) is 10.4. The van der Waals surface area contributed by atoms with E-state index in [0.29, 0.717) is 28.2 Å². The quantitative estimate of drug-likeness (QED) is 0.493. The van der Waals surface area contributed by atoms with Crippen molar-refractivity contribution in [2.24, 2.45) is 5.41 Å². The summed E-state index contributed by atoms with van der Waals surface area (Å²) in [5, 5.41) is 14.2. The van der Waals surface area contributed by atoms with E-state index in [9.17, 15) is 14.9 Å². The summed E-state index contributed by atoms with van der Waals surface area (Å²) in [5.41, 5.74) is 3.43. The van der Waals surface area contributed by atoms with Gasteiger partial charge in [0, 0.05) is 27.7 Å². The van der Waals surface area contributed by atoms with Crippen molar-refractivity contribution in [3.05, 3.63) is 92.1 Å². The molecule has 6 heteroatoms. The number of dihydropyridines is 1. The fourth-order valence-electron chi connectivity index (χ4n) is 4.32. The minimum Gasteiger partial charge on any atom is -0.352 e. The molecule has 0 bridgehead atoms. The molecule has 2 aromatic rings. The molecule has 0 radical (unpaired) electrons. The van der Waals surface area contributed by atoms with Gasteiger partial charge >= 0.3 is 0 Å². The molecular formula is C26H23BrN2O2S. The molecule has 1 heterocycles. The Morgan fingerprint density at radius 1 is 1.16 bits per heavy atom. The van der Waals surface area contributed by atoms with Crippen molar-refractivity contribution in [3.63, 3.8) is 0 Å². The highest BCUT2D eigenvalue weighted by molar-refractivity contribution is 9.10. The molecule has 2 aliphatic rings. The molecule has 1 atom stereocenters. The SMILES string of the molecule is CC1(C)CC(=O)C2=C(C1)NC(SCC(=O)c1ccccc1)=C(C#N)[C@H]2c1ccc(Br)cc1. The summed E-state index contributed by atoms with van der Waals surface area (Å²) >= 11 is 4.80. The van der Waals surface area contributed by atoms with Crippen LogP contribution in [0, 0.1) is 16.7 Å². The number of hydrogen-bond acceptors (Lipinski definition) is 5. The van der Waals surface area contributed by atoms with Crippen molar-refractivity contribution in [3.8, 4) is 6.07 Å². The van der Waals surface area contributed by atoms with Crippen LogP contribution in [0.25, 0.3) is 0 Å². The molecule has 4 nitrogen and oxygen atoms in total. The van der Waals surface area contributed by atoms with Crippen molar-refractivity contribution in [2.45, 2.75) is 32.6 Å². The Labute approximate surface area is 200 Å². The Morgan fingerprint density at radius 3 is 2.50 bits per heavy atom. The lowest BCUT2D eigenvalue weighted by Crippen LogP contribution is -2.37. The number of Topliss-reactive ketones (excluding diaryl/α,β-unsaturated/α-hetero) is 2. The van der Waals surface area contributed by atoms with Crippen molar-refractivity contribution >= 4 is 39.3 Å². The van der Waals surface area contributed by atoms with Crippen LogP contribution in [-0.4, -0.2) is 17.3 Å². The maximum absolute atomic E-state index is 13.2. The van der Waals surface area contributed by atoms with Gasteiger partial charge in [0.15, 0.2) is 11.6 Å². The Bertz CT molecular complexity index is 1170. The summed E-state index contributed by atoms with van der Waals surface area (Å²) in [7, 11) is 0. The number of ketones is 2. The first-order chi connectivity index (χ1) is 15.3. The van der Waals surface area contributed by atoms with E-state index < -0.39 is 5.92 Å². The predicted octanol–water partition coefficient (Wildman–Crippen LogP) is 6.13. The number of carbonyl (C=O) groups excluding carboxylic acids is 2. The average Bonchev–Trinajstić information content (AvgIpc) is 2.76. The van der Waals surface area contributed by atoms with Crippen molar-refractivity contribution in [1.82, 2.24) is 5.32 Å². The van der Waals surface area contributed by atoms with Crippen LogP contribution < -0.4 is 5.32 Å². The van der Waals surface area contributed by atoms with Crippen LogP contribution in [0.15, 0.2) is 80.9 Å². The second-order valence-corrected chi connectivity index (χ2v) is 10.8. The molecular weight excluding hydrogens is 484 g/mol. The van der Waals surface area contributed by atoms with E-state index in [-0.39, 0.29) is 22.7 Å². The Kier molecular flexibility index (Phi) is 6.41. The van der Waals surface area contributed by atoms with Gasteiger partial charge in [-0.1, -0.05) is 84.0 Å². The molecule has 0 saturated carbocycles. The third-order valence-corrected chi connectivity index (χ3v) is 7.32. The fraction of sp³-hybridized carbons (Fsp3) is 0.269. The minimum atomic E-state index is -0.428. The molecule has 0 unspecified atom stereocenters. The molecule has 0 saturated heterocycles. The Balaban J connectivity index is 1.73. The molecule has 1 aliphatic heterocycles. The highest BCUT2D eigenvalue weighted by atomic mass is 79.9. The van der Waals surface area contributed by atoms with Gasteiger partial charge < -0.3 is 5.32 Å². The van der Waals surface area contributed by atoms with E-state index >= 15 is 0 Å². The molecule has 4 rings (SSSR count). The van der Waals surface area contributed by atoms with Gasteiger partial charge in [0.05, 0.1) is 28.3 Å². The van der Waals surface area contributed by atoms with E-state index in [1.165, 1.54) is 11.8 Å². The zero-order valence-corrected chi connectivity index (χ0v) is 20.3. The number of nitrogens with one attached hydrogen (secondary N) is 1. The standard InChI is InChI=1S/C26H23BrN2O2S/c1-26(2)12-20-24(21(30)13-26)23(17-8-10-18(27)11-9-17)19(14-28)25(29-20)32-15-22(31)16-6-4-3-5-7-16/h3-11,23,29H,12-13,15H2,1-2H3/t23-/m1/s1. The van der Waals surface area contributed by atoms with Gasteiger partial charge in [0.2, 0.25) is 0 Å². The van der Waals surface area contributed by atoms with E-state index in [2.05, 4.69) is 41.2 Å². The lowest BCUT2D eigenvalue weighted by atomic mass is 9.69. The van der Waals surface area contributed by atoms with Crippen molar-refractivity contribution in [1.29, 1.82) is 5.26 Å². The van der Waals surface area contributed by atoms with Crippen LogP contribution in [0.5, 0.6) is 0 Å². The summed E-state index contributed by atoms with van der Waals surface area (Å²) < 4.78 is 0.936. The number of thioether (sulfide) groups is 1. The molecule has 0 fully saturated rings. The fourth-order valence-corrected chi connectivity index (χ4v) is 5.54. The molecule has 0 amide bonds.